The monoisotopic (exact) mass is 244 g/mol. The van der Waals surface area contributed by atoms with E-state index in [-0.39, 0.29) is 5.78 Å². The van der Waals surface area contributed by atoms with Gasteiger partial charge in [-0.1, -0.05) is 0 Å². The predicted octanol–water partition coefficient (Wildman–Crippen LogP) is 3.07. The molecule has 3 N–H and O–H groups in total. The molecule has 0 atom stereocenters. The molecule has 1 aromatic rings. The van der Waals surface area contributed by atoms with Crippen LogP contribution in [0, 0.1) is 11.8 Å². The fourth-order valence-corrected chi connectivity index (χ4v) is 2.70. The minimum atomic E-state index is 0.0278. The number of hydrogen-bond acceptors (Lipinski definition) is 3. The van der Waals surface area contributed by atoms with Crippen LogP contribution in [0.2, 0.25) is 0 Å². The molecule has 0 saturated heterocycles. The highest BCUT2D eigenvalue weighted by atomic mass is 16.1. The van der Waals surface area contributed by atoms with Crippen molar-refractivity contribution >= 4 is 17.2 Å². The Labute approximate surface area is 108 Å². The Morgan fingerprint density at radius 3 is 2.33 bits per heavy atom. The van der Waals surface area contributed by atoms with E-state index in [2.05, 4.69) is 5.32 Å². The average molecular weight is 244 g/mol. The number of ketones is 1. The lowest BCUT2D eigenvalue weighted by molar-refractivity contribution is 0.101. The molecule has 18 heavy (non-hydrogen) atoms. The second kappa shape index (κ2) is 4.30. The first kappa shape index (κ1) is 11.6. The van der Waals surface area contributed by atoms with Crippen LogP contribution in [0.25, 0.3) is 0 Å². The second-order valence-electron chi connectivity index (χ2n) is 5.70. The van der Waals surface area contributed by atoms with Crippen LogP contribution in [-0.2, 0) is 0 Å². The Bertz CT molecular complexity index is 463. The van der Waals surface area contributed by atoms with Crippen LogP contribution in [0.5, 0.6) is 0 Å². The first-order valence-corrected chi connectivity index (χ1v) is 6.82. The highest BCUT2D eigenvalue weighted by Crippen LogP contribution is 2.45. The third-order valence-corrected chi connectivity index (χ3v) is 4.02. The predicted molar refractivity (Wildman–Crippen MR) is 73.7 cm³/mol. The highest BCUT2D eigenvalue weighted by molar-refractivity contribution is 5.99. The summed E-state index contributed by atoms with van der Waals surface area (Å²) in [6.07, 6.45) is 5.43. The zero-order chi connectivity index (χ0) is 12.7. The Balaban J connectivity index is 1.75. The number of carbonyl (C=O) groups is 1. The molecular formula is C15H20N2O. The molecule has 0 heterocycles. The van der Waals surface area contributed by atoms with Gasteiger partial charge in [-0.2, -0.15) is 0 Å². The van der Waals surface area contributed by atoms with E-state index < -0.39 is 0 Å². The zero-order valence-electron chi connectivity index (χ0n) is 10.8. The molecule has 3 nitrogen and oxygen atoms in total. The molecule has 2 aliphatic carbocycles. The average Bonchev–Trinajstić information content (AvgIpc) is 3.17. The quantitative estimate of drug-likeness (QED) is 0.618. The van der Waals surface area contributed by atoms with Crippen molar-refractivity contribution in [2.24, 2.45) is 11.8 Å². The number of nitrogen functional groups attached to an aromatic ring is 1. The van der Waals surface area contributed by atoms with Crippen LogP contribution in [0.15, 0.2) is 18.2 Å². The van der Waals surface area contributed by atoms with E-state index >= 15 is 0 Å². The molecule has 0 aliphatic heterocycles. The van der Waals surface area contributed by atoms with Gasteiger partial charge in [0, 0.05) is 23.0 Å². The molecule has 0 aromatic heterocycles. The van der Waals surface area contributed by atoms with E-state index in [1.807, 2.05) is 18.2 Å². The maximum Gasteiger partial charge on any atom is 0.161 e. The largest absolute Gasteiger partial charge is 0.398 e. The topological polar surface area (TPSA) is 55.1 Å². The van der Waals surface area contributed by atoms with Crippen molar-refractivity contribution in [3.05, 3.63) is 23.8 Å². The van der Waals surface area contributed by atoms with Crippen molar-refractivity contribution in [1.29, 1.82) is 0 Å². The number of nitrogens with two attached hydrogens (primary N) is 1. The zero-order valence-corrected chi connectivity index (χ0v) is 10.8. The Morgan fingerprint density at radius 2 is 1.89 bits per heavy atom. The van der Waals surface area contributed by atoms with Gasteiger partial charge in [0.25, 0.3) is 0 Å². The summed E-state index contributed by atoms with van der Waals surface area (Å²) >= 11 is 0. The highest BCUT2D eigenvalue weighted by Gasteiger charge is 2.41. The molecule has 0 radical (unpaired) electrons. The number of rotatable bonds is 5. The summed E-state index contributed by atoms with van der Waals surface area (Å²) in [5, 5.41) is 3.62. The van der Waals surface area contributed by atoms with Crippen molar-refractivity contribution in [2.75, 3.05) is 11.1 Å². The van der Waals surface area contributed by atoms with Gasteiger partial charge >= 0.3 is 0 Å². The van der Waals surface area contributed by atoms with Gasteiger partial charge in [0.05, 0.1) is 0 Å². The maximum atomic E-state index is 11.3. The van der Waals surface area contributed by atoms with E-state index in [0.717, 1.165) is 17.5 Å². The smallest absolute Gasteiger partial charge is 0.161 e. The first-order valence-electron chi connectivity index (χ1n) is 6.82. The van der Waals surface area contributed by atoms with Crippen LogP contribution in [0.1, 0.15) is 43.0 Å². The summed E-state index contributed by atoms with van der Waals surface area (Å²) < 4.78 is 0. The van der Waals surface area contributed by atoms with Crippen LogP contribution in [0.4, 0.5) is 11.4 Å². The number of benzene rings is 1. The summed E-state index contributed by atoms with van der Waals surface area (Å²) in [5.74, 6) is 1.73. The van der Waals surface area contributed by atoms with Gasteiger partial charge in [0.2, 0.25) is 0 Å². The molecule has 0 unspecified atom stereocenters. The Hall–Kier alpha value is -1.51. The van der Waals surface area contributed by atoms with Gasteiger partial charge in [0.1, 0.15) is 0 Å². The number of carbonyl (C=O) groups excluding carboxylic acids is 1. The van der Waals surface area contributed by atoms with Crippen molar-refractivity contribution in [3.8, 4) is 0 Å². The fraction of sp³-hybridized carbons (Fsp3) is 0.533. The summed E-state index contributed by atoms with van der Waals surface area (Å²) in [6.45, 7) is 1.55. The molecule has 0 bridgehead atoms. The molecule has 96 valence electrons. The summed E-state index contributed by atoms with van der Waals surface area (Å²) in [7, 11) is 0. The van der Waals surface area contributed by atoms with E-state index in [9.17, 15) is 4.79 Å². The standard InChI is InChI=1S/C15H20N2O/c1-9(18)13-7-6-12(8-14(13)16)17-15(10-2-3-10)11-4-5-11/h6-8,10-11,15,17H,2-5,16H2,1H3. The van der Waals surface area contributed by atoms with Crippen molar-refractivity contribution in [2.45, 2.75) is 38.6 Å². The Morgan fingerprint density at radius 1 is 1.28 bits per heavy atom. The number of Topliss-reactive ketones (excluding diaryl/α,β-unsaturated/α-hetero) is 1. The van der Waals surface area contributed by atoms with E-state index in [1.54, 1.807) is 6.92 Å². The Kier molecular flexibility index (Phi) is 2.77. The maximum absolute atomic E-state index is 11.3. The minimum absolute atomic E-state index is 0.0278. The molecule has 2 saturated carbocycles. The van der Waals surface area contributed by atoms with Gasteiger partial charge in [-0.05, 0) is 62.6 Å². The van der Waals surface area contributed by atoms with E-state index in [4.69, 9.17) is 5.73 Å². The third-order valence-electron chi connectivity index (χ3n) is 4.02. The van der Waals surface area contributed by atoms with Crippen LogP contribution < -0.4 is 11.1 Å². The van der Waals surface area contributed by atoms with Crippen molar-refractivity contribution < 1.29 is 4.79 Å². The second-order valence-corrected chi connectivity index (χ2v) is 5.70. The lowest BCUT2D eigenvalue weighted by atomic mass is 10.1. The molecule has 3 rings (SSSR count). The third kappa shape index (κ3) is 2.35. The molecule has 2 fully saturated rings. The fourth-order valence-electron chi connectivity index (χ4n) is 2.70. The van der Waals surface area contributed by atoms with E-state index in [0.29, 0.717) is 17.3 Å². The molecule has 3 heteroatoms. The van der Waals surface area contributed by atoms with Gasteiger partial charge in [-0.3, -0.25) is 4.79 Å². The van der Waals surface area contributed by atoms with Gasteiger partial charge in [-0.25, -0.2) is 0 Å². The van der Waals surface area contributed by atoms with Gasteiger partial charge < -0.3 is 11.1 Å². The molecule has 2 aliphatic rings. The normalized spacial score (nSPS) is 19.0. The van der Waals surface area contributed by atoms with Crippen LogP contribution in [-0.4, -0.2) is 11.8 Å². The van der Waals surface area contributed by atoms with Crippen LogP contribution in [0.3, 0.4) is 0 Å². The van der Waals surface area contributed by atoms with Gasteiger partial charge in [-0.15, -0.1) is 0 Å². The lowest BCUT2D eigenvalue weighted by Gasteiger charge is -2.19. The molecule has 0 amide bonds. The minimum Gasteiger partial charge on any atom is -0.398 e. The van der Waals surface area contributed by atoms with Gasteiger partial charge in [0.15, 0.2) is 5.78 Å². The molecule has 1 aromatic carbocycles. The molecular weight excluding hydrogens is 224 g/mol. The first-order chi connectivity index (χ1) is 8.65. The van der Waals surface area contributed by atoms with Crippen molar-refractivity contribution in [1.82, 2.24) is 0 Å². The van der Waals surface area contributed by atoms with Crippen LogP contribution >= 0.6 is 0 Å². The number of hydrogen-bond donors (Lipinski definition) is 2. The number of nitrogens with one attached hydrogen (secondary N) is 1. The van der Waals surface area contributed by atoms with Crippen molar-refractivity contribution in [3.63, 3.8) is 0 Å². The number of anilines is 2. The summed E-state index contributed by atoms with van der Waals surface area (Å²) in [5.41, 5.74) is 8.18. The lowest BCUT2D eigenvalue weighted by Crippen LogP contribution is -2.24. The summed E-state index contributed by atoms with van der Waals surface area (Å²) in [4.78, 5) is 11.3. The van der Waals surface area contributed by atoms with E-state index in [1.165, 1.54) is 25.7 Å². The SMILES string of the molecule is CC(=O)c1ccc(NC(C2CC2)C2CC2)cc1N. The summed E-state index contributed by atoms with van der Waals surface area (Å²) in [6, 6.07) is 6.32. The molecule has 0 spiro atoms.